The molecule has 0 aliphatic heterocycles. The van der Waals surface area contributed by atoms with Gasteiger partial charge in [0.05, 0.1) is 23.8 Å². The first kappa shape index (κ1) is 11.8. The van der Waals surface area contributed by atoms with Gasteiger partial charge in [0.15, 0.2) is 5.65 Å². The van der Waals surface area contributed by atoms with Crippen molar-refractivity contribution in [1.82, 2.24) is 24.3 Å². The van der Waals surface area contributed by atoms with Crippen molar-refractivity contribution in [2.45, 2.75) is 0 Å². The molecular weight excluding hydrogens is 262 g/mol. The van der Waals surface area contributed by atoms with Crippen molar-refractivity contribution in [3.05, 3.63) is 61.2 Å². The van der Waals surface area contributed by atoms with Crippen molar-refractivity contribution < 1.29 is 0 Å². The molecule has 102 valence electrons. The SMILES string of the molecule is Cn1ccc2nc(-c3cnn(-c4ccccc4)c3)cnc21. The van der Waals surface area contributed by atoms with Gasteiger partial charge in [-0.3, -0.25) is 0 Å². The highest BCUT2D eigenvalue weighted by molar-refractivity contribution is 5.74. The van der Waals surface area contributed by atoms with Crippen LogP contribution in [0, 0.1) is 0 Å². The summed E-state index contributed by atoms with van der Waals surface area (Å²) in [7, 11) is 1.96. The Hall–Kier alpha value is -2.95. The van der Waals surface area contributed by atoms with Gasteiger partial charge in [0, 0.05) is 25.0 Å². The quantitative estimate of drug-likeness (QED) is 0.565. The number of aryl methyl sites for hydroxylation is 1. The number of fused-ring (bicyclic) bond motifs is 1. The van der Waals surface area contributed by atoms with Gasteiger partial charge in [-0.15, -0.1) is 0 Å². The summed E-state index contributed by atoms with van der Waals surface area (Å²) >= 11 is 0. The highest BCUT2D eigenvalue weighted by atomic mass is 15.3. The Morgan fingerprint density at radius 1 is 1.00 bits per heavy atom. The van der Waals surface area contributed by atoms with Gasteiger partial charge in [-0.2, -0.15) is 5.10 Å². The lowest BCUT2D eigenvalue weighted by molar-refractivity contribution is 0.880. The van der Waals surface area contributed by atoms with Crippen LogP contribution >= 0.6 is 0 Å². The lowest BCUT2D eigenvalue weighted by Gasteiger charge is -2.00. The Morgan fingerprint density at radius 2 is 1.86 bits per heavy atom. The number of para-hydroxylation sites is 1. The third-order valence-electron chi connectivity index (χ3n) is 3.47. The maximum absolute atomic E-state index is 4.64. The van der Waals surface area contributed by atoms with Crippen LogP contribution in [0.4, 0.5) is 0 Å². The van der Waals surface area contributed by atoms with Gasteiger partial charge >= 0.3 is 0 Å². The summed E-state index contributed by atoms with van der Waals surface area (Å²) in [6, 6.07) is 12.0. The van der Waals surface area contributed by atoms with Crippen molar-refractivity contribution >= 4 is 11.2 Å². The molecule has 0 bridgehead atoms. The van der Waals surface area contributed by atoms with Gasteiger partial charge < -0.3 is 4.57 Å². The van der Waals surface area contributed by atoms with Crippen LogP contribution in [0.2, 0.25) is 0 Å². The molecule has 0 aliphatic carbocycles. The fraction of sp³-hybridized carbons (Fsp3) is 0.0625. The molecule has 4 aromatic rings. The summed E-state index contributed by atoms with van der Waals surface area (Å²) in [6.07, 6.45) is 7.52. The van der Waals surface area contributed by atoms with E-state index in [9.17, 15) is 0 Å². The average molecular weight is 275 g/mol. The van der Waals surface area contributed by atoms with Gasteiger partial charge in [0.25, 0.3) is 0 Å². The topological polar surface area (TPSA) is 48.5 Å². The second-order valence-corrected chi connectivity index (χ2v) is 4.90. The summed E-state index contributed by atoms with van der Waals surface area (Å²) in [5.74, 6) is 0. The van der Waals surface area contributed by atoms with Crippen molar-refractivity contribution in [2.24, 2.45) is 7.05 Å². The summed E-state index contributed by atoms with van der Waals surface area (Å²) in [5.41, 5.74) is 4.59. The number of rotatable bonds is 2. The molecule has 3 heterocycles. The van der Waals surface area contributed by atoms with Gasteiger partial charge in [0.2, 0.25) is 0 Å². The zero-order chi connectivity index (χ0) is 14.2. The highest BCUT2D eigenvalue weighted by Crippen LogP contribution is 2.20. The molecule has 5 heteroatoms. The molecule has 5 nitrogen and oxygen atoms in total. The van der Waals surface area contributed by atoms with Crippen molar-refractivity contribution in [1.29, 1.82) is 0 Å². The van der Waals surface area contributed by atoms with E-state index in [-0.39, 0.29) is 0 Å². The predicted molar refractivity (Wildman–Crippen MR) is 81.1 cm³/mol. The average Bonchev–Trinajstić information content (AvgIpc) is 3.15. The van der Waals surface area contributed by atoms with Gasteiger partial charge in [-0.25, -0.2) is 14.6 Å². The molecule has 0 saturated heterocycles. The first-order chi connectivity index (χ1) is 10.3. The van der Waals surface area contributed by atoms with Crippen LogP contribution in [0.1, 0.15) is 0 Å². The maximum Gasteiger partial charge on any atom is 0.158 e. The van der Waals surface area contributed by atoms with Gasteiger partial charge in [-0.1, -0.05) is 18.2 Å². The highest BCUT2D eigenvalue weighted by Gasteiger charge is 2.07. The molecule has 0 spiro atoms. The van der Waals surface area contributed by atoms with Crippen molar-refractivity contribution in [3.8, 4) is 16.9 Å². The Morgan fingerprint density at radius 3 is 2.71 bits per heavy atom. The fourth-order valence-electron chi connectivity index (χ4n) is 2.35. The van der Waals surface area contributed by atoms with Crippen molar-refractivity contribution in [2.75, 3.05) is 0 Å². The van der Waals surface area contributed by atoms with Crippen LogP contribution in [0.3, 0.4) is 0 Å². The molecule has 0 saturated carbocycles. The monoisotopic (exact) mass is 275 g/mol. The summed E-state index contributed by atoms with van der Waals surface area (Å²) in [5, 5.41) is 4.39. The standard InChI is InChI=1S/C16H13N5/c1-20-8-7-14-16(20)17-10-15(19-14)12-9-18-21(11-12)13-5-3-2-4-6-13/h2-11H,1H3. The number of benzene rings is 1. The largest absolute Gasteiger partial charge is 0.334 e. The predicted octanol–water partition coefficient (Wildman–Crippen LogP) is 2.82. The summed E-state index contributed by atoms with van der Waals surface area (Å²) < 4.78 is 3.80. The molecular formula is C16H13N5. The second-order valence-electron chi connectivity index (χ2n) is 4.90. The third-order valence-corrected chi connectivity index (χ3v) is 3.47. The van der Waals surface area contributed by atoms with Crippen LogP contribution in [-0.4, -0.2) is 24.3 Å². The Bertz CT molecular complexity index is 905. The lowest BCUT2D eigenvalue weighted by atomic mass is 10.2. The molecule has 0 aliphatic rings. The molecule has 0 unspecified atom stereocenters. The van der Waals surface area contributed by atoms with E-state index in [0.29, 0.717) is 0 Å². The van der Waals surface area contributed by atoms with E-state index >= 15 is 0 Å². The first-order valence-electron chi connectivity index (χ1n) is 6.70. The lowest BCUT2D eigenvalue weighted by Crippen LogP contribution is -1.93. The Kier molecular flexibility index (Phi) is 2.57. The Balaban J connectivity index is 1.77. The van der Waals surface area contributed by atoms with Crippen LogP contribution < -0.4 is 0 Å². The minimum atomic E-state index is 0.830. The van der Waals surface area contributed by atoms with E-state index in [4.69, 9.17) is 0 Å². The molecule has 0 radical (unpaired) electrons. The normalized spacial score (nSPS) is 11.1. The van der Waals surface area contributed by atoms with E-state index in [1.807, 2.05) is 71.3 Å². The van der Waals surface area contributed by atoms with Gasteiger partial charge in [0.1, 0.15) is 5.52 Å². The van der Waals surface area contributed by atoms with Crippen LogP contribution in [0.5, 0.6) is 0 Å². The van der Waals surface area contributed by atoms with E-state index in [2.05, 4.69) is 15.1 Å². The number of hydrogen-bond acceptors (Lipinski definition) is 3. The first-order valence-corrected chi connectivity index (χ1v) is 6.70. The molecule has 1 aromatic carbocycles. The van der Waals surface area contributed by atoms with E-state index in [0.717, 1.165) is 28.1 Å². The van der Waals surface area contributed by atoms with Crippen molar-refractivity contribution in [3.63, 3.8) is 0 Å². The molecule has 0 atom stereocenters. The zero-order valence-corrected chi connectivity index (χ0v) is 11.5. The maximum atomic E-state index is 4.64. The van der Waals surface area contributed by atoms with Gasteiger partial charge in [-0.05, 0) is 18.2 Å². The minimum absolute atomic E-state index is 0.830. The number of aromatic nitrogens is 5. The molecule has 4 rings (SSSR count). The molecule has 3 aromatic heterocycles. The zero-order valence-electron chi connectivity index (χ0n) is 11.5. The third kappa shape index (κ3) is 1.99. The van der Waals surface area contributed by atoms with E-state index in [1.165, 1.54) is 0 Å². The summed E-state index contributed by atoms with van der Waals surface area (Å²) in [4.78, 5) is 9.10. The van der Waals surface area contributed by atoms with Crippen LogP contribution in [0.25, 0.3) is 28.1 Å². The minimum Gasteiger partial charge on any atom is -0.334 e. The second kappa shape index (κ2) is 4.56. The number of hydrogen-bond donors (Lipinski definition) is 0. The Labute approximate surface area is 121 Å². The molecule has 0 N–H and O–H groups in total. The number of nitrogens with zero attached hydrogens (tertiary/aromatic N) is 5. The molecule has 21 heavy (non-hydrogen) atoms. The van der Waals surface area contributed by atoms with E-state index in [1.54, 1.807) is 6.20 Å². The van der Waals surface area contributed by atoms with Crippen LogP contribution in [-0.2, 0) is 7.05 Å². The fourth-order valence-corrected chi connectivity index (χ4v) is 2.35. The summed E-state index contributed by atoms with van der Waals surface area (Å²) in [6.45, 7) is 0. The molecule has 0 amide bonds. The van der Waals surface area contributed by atoms with Crippen LogP contribution in [0.15, 0.2) is 61.2 Å². The molecule has 0 fully saturated rings. The van der Waals surface area contributed by atoms with E-state index < -0.39 is 0 Å². The smallest absolute Gasteiger partial charge is 0.158 e.